The van der Waals surface area contributed by atoms with Crippen molar-refractivity contribution in [3.05, 3.63) is 15.9 Å². The Kier molecular flexibility index (Phi) is 5.89. The molecule has 0 aliphatic heterocycles. The maximum atomic E-state index is 11.8. The molecule has 0 bridgehead atoms. The first-order chi connectivity index (χ1) is 8.13. The molecular weight excluding hydrogens is 280 g/mol. The van der Waals surface area contributed by atoms with E-state index in [0.29, 0.717) is 18.6 Å². The molecule has 0 fully saturated rings. The van der Waals surface area contributed by atoms with Crippen molar-refractivity contribution in [2.45, 2.75) is 59.4 Å². The highest BCUT2D eigenvalue weighted by Crippen LogP contribution is 2.23. The summed E-state index contributed by atoms with van der Waals surface area (Å²) < 4.78 is 2.96. The fourth-order valence-electron chi connectivity index (χ4n) is 1.84. The minimum atomic E-state index is 0.310. The monoisotopic (exact) mass is 300 g/mol. The number of unbranched alkanes of at least 4 members (excludes halogenated alkanes) is 1. The van der Waals surface area contributed by atoms with E-state index >= 15 is 0 Å². The fraction of sp³-hybridized carbons (Fsp3) is 0.692. The number of carbonyl (C=O) groups is 1. The Morgan fingerprint density at radius 1 is 1.35 bits per heavy atom. The van der Waals surface area contributed by atoms with Crippen molar-refractivity contribution < 1.29 is 4.79 Å². The summed E-state index contributed by atoms with van der Waals surface area (Å²) in [5.74, 6) is 0.310. The minimum absolute atomic E-state index is 0.310. The Hall–Kier alpha value is -0.640. The number of carbonyl (C=O) groups excluding carboxylic acids is 1. The third-order valence-electron chi connectivity index (χ3n) is 2.87. The van der Waals surface area contributed by atoms with Crippen molar-refractivity contribution in [3.63, 3.8) is 0 Å². The average Bonchev–Trinajstić information content (AvgIpc) is 2.63. The highest BCUT2D eigenvalue weighted by atomic mass is 79.9. The van der Waals surface area contributed by atoms with Crippen LogP contribution in [0.25, 0.3) is 0 Å². The van der Waals surface area contributed by atoms with E-state index < -0.39 is 0 Å². The van der Waals surface area contributed by atoms with Crippen LogP contribution in [-0.4, -0.2) is 15.6 Å². The molecule has 1 aromatic heterocycles. The van der Waals surface area contributed by atoms with Gasteiger partial charge in [-0.05, 0) is 35.7 Å². The van der Waals surface area contributed by atoms with Crippen LogP contribution in [0.15, 0.2) is 4.47 Å². The molecule has 0 aromatic carbocycles. The van der Waals surface area contributed by atoms with Gasteiger partial charge in [-0.3, -0.25) is 9.48 Å². The summed E-state index contributed by atoms with van der Waals surface area (Å²) in [5.41, 5.74) is 2.08. The number of aromatic nitrogens is 2. The second kappa shape index (κ2) is 6.94. The molecule has 0 aliphatic rings. The lowest BCUT2D eigenvalue weighted by Gasteiger charge is -2.04. The topological polar surface area (TPSA) is 34.9 Å². The molecule has 4 heteroatoms. The van der Waals surface area contributed by atoms with Gasteiger partial charge in [-0.2, -0.15) is 5.10 Å². The van der Waals surface area contributed by atoms with Crippen LogP contribution in [0.4, 0.5) is 0 Å². The van der Waals surface area contributed by atoms with Gasteiger partial charge in [0.15, 0.2) is 0 Å². The fourth-order valence-corrected chi connectivity index (χ4v) is 2.54. The summed E-state index contributed by atoms with van der Waals surface area (Å²) in [5, 5.41) is 4.50. The SMILES string of the molecule is CCCCC(=O)Cc1c(Br)c(CC)nn1CC. The van der Waals surface area contributed by atoms with Crippen LogP contribution < -0.4 is 0 Å². The highest BCUT2D eigenvalue weighted by Gasteiger charge is 2.16. The molecule has 1 heterocycles. The molecule has 17 heavy (non-hydrogen) atoms. The average molecular weight is 301 g/mol. The van der Waals surface area contributed by atoms with Gasteiger partial charge in [-0.1, -0.05) is 20.3 Å². The van der Waals surface area contributed by atoms with E-state index in [1.807, 2.05) is 4.68 Å². The number of hydrogen-bond donors (Lipinski definition) is 0. The Morgan fingerprint density at radius 3 is 2.59 bits per heavy atom. The van der Waals surface area contributed by atoms with Crippen LogP contribution in [0.2, 0.25) is 0 Å². The molecule has 0 aliphatic carbocycles. The van der Waals surface area contributed by atoms with Gasteiger partial charge in [0, 0.05) is 19.4 Å². The predicted molar refractivity (Wildman–Crippen MR) is 73.2 cm³/mol. The van der Waals surface area contributed by atoms with Gasteiger partial charge in [0.05, 0.1) is 15.9 Å². The molecule has 0 spiro atoms. The third kappa shape index (κ3) is 3.66. The van der Waals surface area contributed by atoms with Gasteiger partial charge in [0.2, 0.25) is 0 Å². The van der Waals surface area contributed by atoms with Crippen LogP contribution in [0.1, 0.15) is 51.4 Å². The lowest BCUT2D eigenvalue weighted by Crippen LogP contribution is -2.09. The first kappa shape index (κ1) is 14.4. The number of ketones is 1. The van der Waals surface area contributed by atoms with Crippen LogP contribution in [0, 0.1) is 0 Å². The quantitative estimate of drug-likeness (QED) is 0.772. The normalized spacial score (nSPS) is 10.8. The summed E-state index contributed by atoms with van der Waals surface area (Å²) in [6, 6.07) is 0. The first-order valence-electron chi connectivity index (χ1n) is 6.39. The molecule has 0 atom stereocenters. The summed E-state index contributed by atoms with van der Waals surface area (Å²) in [6.07, 6.45) is 4.13. The number of nitrogens with zero attached hydrogens (tertiary/aromatic N) is 2. The Bertz CT molecular complexity index is 385. The zero-order chi connectivity index (χ0) is 12.8. The van der Waals surface area contributed by atoms with Crippen LogP contribution >= 0.6 is 15.9 Å². The Morgan fingerprint density at radius 2 is 2.06 bits per heavy atom. The maximum absolute atomic E-state index is 11.8. The van der Waals surface area contributed by atoms with E-state index in [9.17, 15) is 4.79 Å². The number of aryl methyl sites for hydroxylation is 2. The predicted octanol–water partition coefficient (Wildman–Crippen LogP) is 3.53. The summed E-state index contributed by atoms with van der Waals surface area (Å²) in [7, 11) is 0. The standard InChI is InChI=1S/C13H21BrN2O/c1-4-7-8-10(17)9-12-13(14)11(5-2)15-16(12)6-3/h4-9H2,1-3H3. The summed E-state index contributed by atoms with van der Waals surface area (Å²) in [4.78, 5) is 11.8. The Balaban J connectivity index is 2.81. The molecule has 3 nitrogen and oxygen atoms in total. The van der Waals surface area contributed by atoms with Crippen molar-refractivity contribution in [2.24, 2.45) is 0 Å². The van der Waals surface area contributed by atoms with Crippen molar-refractivity contribution in [2.75, 3.05) is 0 Å². The van der Waals surface area contributed by atoms with Crippen molar-refractivity contribution in [3.8, 4) is 0 Å². The zero-order valence-corrected chi connectivity index (χ0v) is 12.5. The van der Waals surface area contributed by atoms with Gasteiger partial charge >= 0.3 is 0 Å². The maximum Gasteiger partial charge on any atom is 0.138 e. The van der Waals surface area contributed by atoms with E-state index in [-0.39, 0.29) is 0 Å². The van der Waals surface area contributed by atoms with E-state index in [1.54, 1.807) is 0 Å². The van der Waals surface area contributed by atoms with Crippen LogP contribution in [-0.2, 0) is 24.2 Å². The second-order valence-electron chi connectivity index (χ2n) is 4.20. The summed E-state index contributed by atoms with van der Waals surface area (Å²) >= 11 is 3.56. The molecule has 0 saturated heterocycles. The first-order valence-corrected chi connectivity index (χ1v) is 7.19. The van der Waals surface area contributed by atoms with E-state index in [2.05, 4.69) is 41.8 Å². The Labute approximate surface area is 112 Å². The van der Waals surface area contributed by atoms with Gasteiger partial charge in [-0.25, -0.2) is 0 Å². The van der Waals surface area contributed by atoms with Crippen molar-refractivity contribution in [1.82, 2.24) is 9.78 Å². The molecule has 0 amide bonds. The van der Waals surface area contributed by atoms with Crippen molar-refractivity contribution >= 4 is 21.7 Å². The number of hydrogen-bond acceptors (Lipinski definition) is 2. The smallest absolute Gasteiger partial charge is 0.138 e. The van der Waals surface area contributed by atoms with Gasteiger partial charge in [0.1, 0.15) is 5.78 Å². The zero-order valence-electron chi connectivity index (χ0n) is 10.9. The van der Waals surface area contributed by atoms with E-state index in [4.69, 9.17) is 0 Å². The lowest BCUT2D eigenvalue weighted by atomic mass is 10.1. The highest BCUT2D eigenvalue weighted by molar-refractivity contribution is 9.10. The summed E-state index contributed by atoms with van der Waals surface area (Å²) in [6.45, 7) is 7.05. The van der Waals surface area contributed by atoms with E-state index in [1.165, 1.54) is 0 Å². The minimum Gasteiger partial charge on any atom is -0.299 e. The van der Waals surface area contributed by atoms with Crippen LogP contribution in [0.3, 0.4) is 0 Å². The largest absolute Gasteiger partial charge is 0.299 e. The van der Waals surface area contributed by atoms with Crippen molar-refractivity contribution in [1.29, 1.82) is 0 Å². The molecule has 0 unspecified atom stereocenters. The van der Waals surface area contributed by atoms with Gasteiger partial charge in [-0.15, -0.1) is 0 Å². The number of rotatable bonds is 7. The third-order valence-corrected chi connectivity index (χ3v) is 3.78. The molecule has 0 radical (unpaired) electrons. The van der Waals surface area contributed by atoms with Gasteiger partial charge in [0.25, 0.3) is 0 Å². The molecule has 1 rings (SSSR count). The molecular formula is C13H21BrN2O. The van der Waals surface area contributed by atoms with E-state index in [0.717, 1.165) is 41.7 Å². The lowest BCUT2D eigenvalue weighted by molar-refractivity contribution is -0.118. The number of halogens is 1. The molecule has 1 aromatic rings. The second-order valence-corrected chi connectivity index (χ2v) is 4.99. The molecule has 0 N–H and O–H groups in total. The number of Topliss-reactive ketones (excluding diaryl/α,β-unsaturated/α-hetero) is 1. The molecule has 0 saturated carbocycles. The van der Waals surface area contributed by atoms with Crippen LogP contribution in [0.5, 0.6) is 0 Å². The molecule has 96 valence electrons. The van der Waals surface area contributed by atoms with Gasteiger partial charge < -0.3 is 0 Å².